The Morgan fingerprint density at radius 2 is 1.76 bits per heavy atom. The van der Waals surface area contributed by atoms with E-state index in [1.807, 2.05) is 24.3 Å². The molecule has 1 heterocycles. The number of aromatic carboxylic acids is 1. The minimum absolute atomic E-state index is 0.162. The molecule has 0 fully saturated rings. The first kappa shape index (κ1) is 20.6. The van der Waals surface area contributed by atoms with Crippen LogP contribution in [0, 0.1) is 0 Å². The van der Waals surface area contributed by atoms with E-state index >= 15 is 0 Å². The number of carbonyl (C=O) groups is 3. The van der Waals surface area contributed by atoms with Crippen LogP contribution >= 0.6 is 15.9 Å². The van der Waals surface area contributed by atoms with Gasteiger partial charge in [0.2, 0.25) is 0 Å². The quantitative estimate of drug-likeness (QED) is 0.663. The van der Waals surface area contributed by atoms with E-state index in [0.29, 0.717) is 11.3 Å². The highest BCUT2D eigenvalue weighted by molar-refractivity contribution is 9.10. The fraction of sp³-hybridized carbons (Fsp3) is 0.190. The number of nitrogens with zero attached hydrogens (tertiary/aromatic N) is 1. The number of allylic oxidation sites excluding steroid dienone is 1. The summed E-state index contributed by atoms with van der Waals surface area (Å²) in [5.41, 5.74) is 2.48. The third-order valence-corrected chi connectivity index (χ3v) is 5.28. The first-order valence-electron chi connectivity index (χ1n) is 8.76. The largest absolute Gasteiger partial charge is 0.478 e. The maximum Gasteiger partial charge on any atom is 0.337 e. The summed E-state index contributed by atoms with van der Waals surface area (Å²) in [6.45, 7) is 1.88. The van der Waals surface area contributed by atoms with E-state index in [4.69, 9.17) is 9.84 Å². The van der Waals surface area contributed by atoms with E-state index in [-0.39, 0.29) is 18.1 Å². The normalized spacial score (nSPS) is 16.4. The minimum atomic E-state index is -1.02. The summed E-state index contributed by atoms with van der Waals surface area (Å²) < 4.78 is 5.85. The number of rotatable bonds is 5. The Hall–Kier alpha value is -3.13. The van der Waals surface area contributed by atoms with Gasteiger partial charge in [-0.1, -0.05) is 40.2 Å². The van der Waals surface area contributed by atoms with E-state index in [1.165, 1.54) is 24.1 Å². The van der Waals surface area contributed by atoms with Crippen molar-refractivity contribution in [2.45, 2.75) is 19.5 Å². The zero-order chi connectivity index (χ0) is 21.1. The predicted octanol–water partition coefficient (Wildman–Crippen LogP) is 3.86. The number of carbonyl (C=O) groups excluding carboxylic acids is 2. The number of amides is 2. The molecule has 1 aliphatic heterocycles. The molecular weight excluding hydrogens is 440 g/mol. The molecule has 1 unspecified atom stereocenters. The Balaban J connectivity index is 1.97. The van der Waals surface area contributed by atoms with Crippen LogP contribution in [-0.4, -0.2) is 35.1 Å². The fourth-order valence-corrected chi connectivity index (χ4v) is 3.45. The van der Waals surface area contributed by atoms with Crippen molar-refractivity contribution in [3.8, 4) is 0 Å². The minimum Gasteiger partial charge on any atom is -0.478 e. The average Bonchev–Trinajstić information content (AvgIpc) is 2.71. The predicted molar refractivity (Wildman–Crippen MR) is 109 cm³/mol. The van der Waals surface area contributed by atoms with E-state index < -0.39 is 18.0 Å². The second kappa shape index (κ2) is 8.48. The lowest BCUT2D eigenvalue weighted by Gasteiger charge is -2.35. The lowest BCUT2D eigenvalue weighted by molar-refractivity contribution is -0.136. The van der Waals surface area contributed by atoms with Crippen LogP contribution in [0.1, 0.15) is 34.5 Å². The molecule has 3 rings (SSSR count). The van der Waals surface area contributed by atoms with Crippen LogP contribution in [0.3, 0.4) is 0 Å². The van der Waals surface area contributed by atoms with Gasteiger partial charge in [0.1, 0.15) is 0 Å². The number of esters is 1. The van der Waals surface area contributed by atoms with Crippen molar-refractivity contribution in [2.75, 3.05) is 7.11 Å². The number of hydrogen-bond donors (Lipinski definition) is 2. The lowest BCUT2D eigenvalue weighted by atomic mass is 9.94. The number of carboxylic acid groups (broad SMARTS) is 1. The average molecular weight is 459 g/mol. The Bertz CT molecular complexity index is 983. The summed E-state index contributed by atoms with van der Waals surface area (Å²) in [6, 6.07) is 12.6. The summed E-state index contributed by atoms with van der Waals surface area (Å²) >= 11 is 3.38. The van der Waals surface area contributed by atoms with Crippen LogP contribution in [0.2, 0.25) is 0 Å². The van der Waals surface area contributed by atoms with Gasteiger partial charge < -0.3 is 15.2 Å². The van der Waals surface area contributed by atoms with Gasteiger partial charge in [0, 0.05) is 10.2 Å². The van der Waals surface area contributed by atoms with Crippen molar-refractivity contribution in [2.24, 2.45) is 0 Å². The summed E-state index contributed by atoms with van der Waals surface area (Å²) in [6.07, 6.45) is 0. The Labute approximate surface area is 176 Å². The molecule has 2 aromatic rings. The van der Waals surface area contributed by atoms with Gasteiger partial charge in [0.15, 0.2) is 0 Å². The van der Waals surface area contributed by atoms with Gasteiger partial charge in [0.25, 0.3) is 0 Å². The first-order valence-corrected chi connectivity index (χ1v) is 9.56. The molecule has 0 radical (unpaired) electrons. The molecule has 0 aromatic heterocycles. The molecule has 2 N–H and O–H groups in total. The maximum absolute atomic E-state index is 12.8. The van der Waals surface area contributed by atoms with Crippen LogP contribution in [0.5, 0.6) is 0 Å². The van der Waals surface area contributed by atoms with E-state index in [2.05, 4.69) is 21.2 Å². The standard InChI is InChI=1S/C21H19BrN2O5/c1-12-17(20(27)29-2)18(14-7-9-16(22)10-8-14)23-21(28)24(12)11-13-3-5-15(6-4-13)19(25)26/h3-10,18H,11H2,1-2H3,(H,23,28)(H,25,26). The van der Waals surface area contributed by atoms with Crippen molar-refractivity contribution in [1.82, 2.24) is 10.2 Å². The summed E-state index contributed by atoms with van der Waals surface area (Å²) in [4.78, 5) is 37.8. The molecule has 0 aliphatic carbocycles. The van der Waals surface area contributed by atoms with Crippen LogP contribution in [0.15, 0.2) is 64.3 Å². The molecule has 2 aromatic carbocycles. The SMILES string of the molecule is COC(=O)C1=C(C)N(Cc2ccc(C(=O)O)cc2)C(=O)NC1c1ccc(Br)cc1. The Kier molecular flexibility index (Phi) is 6.03. The highest BCUT2D eigenvalue weighted by atomic mass is 79.9. The van der Waals surface area contributed by atoms with Crippen molar-refractivity contribution in [1.29, 1.82) is 0 Å². The lowest BCUT2D eigenvalue weighted by Crippen LogP contribution is -2.47. The molecule has 2 amide bonds. The van der Waals surface area contributed by atoms with Gasteiger partial charge in [-0.25, -0.2) is 14.4 Å². The van der Waals surface area contributed by atoms with Gasteiger partial charge in [-0.2, -0.15) is 0 Å². The monoisotopic (exact) mass is 458 g/mol. The number of nitrogens with one attached hydrogen (secondary N) is 1. The number of halogens is 1. The molecular formula is C21H19BrN2O5. The highest BCUT2D eigenvalue weighted by Crippen LogP contribution is 2.32. The molecule has 0 saturated heterocycles. The van der Waals surface area contributed by atoms with E-state index in [0.717, 1.165) is 15.6 Å². The number of benzene rings is 2. The van der Waals surface area contributed by atoms with Crippen LogP contribution < -0.4 is 5.32 Å². The number of carboxylic acids is 1. The molecule has 0 bridgehead atoms. The number of methoxy groups -OCH3 is 1. The number of hydrogen-bond acceptors (Lipinski definition) is 4. The van der Waals surface area contributed by atoms with Crippen LogP contribution in [0.4, 0.5) is 4.79 Å². The van der Waals surface area contributed by atoms with Crippen molar-refractivity contribution < 1.29 is 24.2 Å². The molecule has 29 heavy (non-hydrogen) atoms. The Morgan fingerprint density at radius 1 is 1.14 bits per heavy atom. The smallest absolute Gasteiger partial charge is 0.337 e. The number of ether oxygens (including phenoxy) is 1. The molecule has 1 atom stereocenters. The topological polar surface area (TPSA) is 95.9 Å². The first-order chi connectivity index (χ1) is 13.8. The van der Waals surface area contributed by atoms with Crippen molar-refractivity contribution >= 4 is 33.9 Å². The van der Waals surface area contributed by atoms with Crippen LogP contribution in [-0.2, 0) is 16.1 Å². The van der Waals surface area contributed by atoms with Gasteiger partial charge in [-0.05, 0) is 42.3 Å². The second-order valence-corrected chi connectivity index (χ2v) is 7.43. The molecule has 8 heteroatoms. The molecule has 0 saturated carbocycles. The summed E-state index contributed by atoms with van der Waals surface area (Å²) in [5, 5.41) is 11.9. The fourth-order valence-electron chi connectivity index (χ4n) is 3.19. The third-order valence-electron chi connectivity index (χ3n) is 4.75. The van der Waals surface area contributed by atoms with Gasteiger partial charge in [-0.3, -0.25) is 4.90 Å². The highest BCUT2D eigenvalue weighted by Gasteiger charge is 2.36. The molecule has 0 spiro atoms. The zero-order valence-corrected chi connectivity index (χ0v) is 17.4. The second-order valence-electron chi connectivity index (χ2n) is 6.51. The van der Waals surface area contributed by atoms with E-state index in [9.17, 15) is 14.4 Å². The summed E-state index contributed by atoms with van der Waals surface area (Å²) in [5.74, 6) is -1.55. The van der Waals surface area contributed by atoms with Crippen LogP contribution in [0.25, 0.3) is 0 Å². The molecule has 7 nitrogen and oxygen atoms in total. The summed E-state index contributed by atoms with van der Waals surface area (Å²) in [7, 11) is 1.30. The van der Waals surface area contributed by atoms with Gasteiger partial charge >= 0.3 is 18.0 Å². The zero-order valence-electron chi connectivity index (χ0n) is 15.8. The third kappa shape index (κ3) is 4.32. The van der Waals surface area contributed by atoms with E-state index in [1.54, 1.807) is 19.1 Å². The van der Waals surface area contributed by atoms with Gasteiger partial charge in [-0.15, -0.1) is 0 Å². The maximum atomic E-state index is 12.8. The number of urea groups is 1. The molecule has 150 valence electrons. The molecule has 1 aliphatic rings. The van der Waals surface area contributed by atoms with Crippen molar-refractivity contribution in [3.63, 3.8) is 0 Å². The van der Waals surface area contributed by atoms with Gasteiger partial charge in [0.05, 0.1) is 30.8 Å². The van der Waals surface area contributed by atoms with Crippen molar-refractivity contribution in [3.05, 3.63) is 81.0 Å². The Morgan fingerprint density at radius 3 is 2.31 bits per heavy atom.